The molecule has 0 radical (unpaired) electrons. The molecule has 0 saturated carbocycles. The highest BCUT2D eigenvalue weighted by atomic mass is 16.6. The van der Waals surface area contributed by atoms with Gasteiger partial charge < -0.3 is 19.7 Å². The standard InChI is InChI=1S/C23H30N2O3/c1-23(2,3)28-22(26)19-10-8-18(9-11-19)16-24-17-20-6-4-5-7-21(20)25-12-14-27-15-13-25/h4-11,24H,12-17H2,1-3H3. The van der Waals surface area contributed by atoms with E-state index in [1.807, 2.05) is 45.0 Å². The van der Waals surface area contributed by atoms with Crippen LogP contribution in [0.4, 0.5) is 5.69 Å². The van der Waals surface area contributed by atoms with Gasteiger partial charge in [0.15, 0.2) is 0 Å². The van der Waals surface area contributed by atoms with Crippen LogP contribution < -0.4 is 10.2 Å². The van der Waals surface area contributed by atoms with Gasteiger partial charge in [-0.05, 0) is 50.1 Å². The topological polar surface area (TPSA) is 50.8 Å². The molecule has 0 unspecified atom stereocenters. The molecule has 5 heteroatoms. The molecule has 2 aromatic carbocycles. The van der Waals surface area contributed by atoms with Gasteiger partial charge >= 0.3 is 5.97 Å². The summed E-state index contributed by atoms with van der Waals surface area (Å²) in [7, 11) is 0. The molecule has 150 valence electrons. The smallest absolute Gasteiger partial charge is 0.338 e. The summed E-state index contributed by atoms with van der Waals surface area (Å²) in [5.41, 5.74) is 3.80. The third kappa shape index (κ3) is 5.81. The second-order valence-electron chi connectivity index (χ2n) is 8.03. The van der Waals surface area contributed by atoms with Gasteiger partial charge in [-0.3, -0.25) is 0 Å². The van der Waals surface area contributed by atoms with Crippen molar-refractivity contribution in [1.29, 1.82) is 0 Å². The molecule has 0 bridgehead atoms. The van der Waals surface area contributed by atoms with Gasteiger partial charge in [-0.15, -0.1) is 0 Å². The molecule has 0 amide bonds. The van der Waals surface area contributed by atoms with Crippen LogP contribution in [-0.2, 0) is 22.6 Å². The summed E-state index contributed by atoms with van der Waals surface area (Å²) in [6, 6.07) is 16.1. The molecular weight excluding hydrogens is 352 g/mol. The molecule has 1 aliphatic heterocycles. The normalized spacial score (nSPS) is 14.8. The minimum atomic E-state index is -0.481. The summed E-state index contributed by atoms with van der Waals surface area (Å²) in [6.45, 7) is 10.6. The second kappa shape index (κ2) is 9.22. The zero-order valence-electron chi connectivity index (χ0n) is 17.0. The van der Waals surface area contributed by atoms with E-state index in [0.717, 1.165) is 45.0 Å². The summed E-state index contributed by atoms with van der Waals surface area (Å²) >= 11 is 0. The quantitative estimate of drug-likeness (QED) is 0.771. The van der Waals surface area contributed by atoms with Gasteiger partial charge in [-0.2, -0.15) is 0 Å². The van der Waals surface area contributed by atoms with Gasteiger partial charge in [-0.1, -0.05) is 30.3 Å². The summed E-state index contributed by atoms with van der Waals surface area (Å²) in [6.07, 6.45) is 0. The molecule has 0 aromatic heterocycles. The number of anilines is 1. The first-order valence-electron chi connectivity index (χ1n) is 9.86. The van der Waals surface area contributed by atoms with Crippen molar-refractivity contribution in [2.24, 2.45) is 0 Å². The Morgan fingerprint density at radius 2 is 1.71 bits per heavy atom. The molecule has 0 atom stereocenters. The van der Waals surface area contributed by atoms with Gasteiger partial charge in [0.1, 0.15) is 5.60 Å². The van der Waals surface area contributed by atoms with Crippen molar-refractivity contribution in [3.63, 3.8) is 0 Å². The summed E-state index contributed by atoms with van der Waals surface area (Å²) in [5, 5.41) is 3.51. The van der Waals surface area contributed by atoms with Crippen LogP contribution in [0.3, 0.4) is 0 Å². The number of nitrogens with one attached hydrogen (secondary N) is 1. The Morgan fingerprint density at radius 3 is 2.39 bits per heavy atom. The van der Waals surface area contributed by atoms with E-state index in [0.29, 0.717) is 5.56 Å². The van der Waals surface area contributed by atoms with E-state index in [4.69, 9.17) is 9.47 Å². The minimum absolute atomic E-state index is 0.286. The first-order valence-corrected chi connectivity index (χ1v) is 9.86. The Labute approximate surface area is 167 Å². The number of hydrogen-bond acceptors (Lipinski definition) is 5. The maximum Gasteiger partial charge on any atom is 0.338 e. The molecule has 0 spiro atoms. The monoisotopic (exact) mass is 382 g/mol. The van der Waals surface area contributed by atoms with E-state index in [1.165, 1.54) is 11.3 Å². The van der Waals surface area contributed by atoms with Gasteiger partial charge in [0.05, 0.1) is 18.8 Å². The Hall–Kier alpha value is -2.37. The predicted molar refractivity (Wildman–Crippen MR) is 112 cm³/mol. The average Bonchev–Trinajstić information content (AvgIpc) is 2.68. The average molecular weight is 383 g/mol. The van der Waals surface area contributed by atoms with Gasteiger partial charge in [-0.25, -0.2) is 4.79 Å². The van der Waals surface area contributed by atoms with Crippen molar-refractivity contribution >= 4 is 11.7 Å². The van der Waals surface area contributed by atoms with Crippen molar-refractivity contribution < 1.29 is 14.3 Å². The van der Waals surface area contributed by atoms with E-state index in [2.05, 4.69) is 34.5 Å². The third-order valence-corrected chi connectivity index (χ3v) is 4.58. The van der Waals surface area contributed by atoms with E-state index in [1.54, 1.807) is 0 Å². The number of morpholine rings is 1. The zero-order chi connectivity index (χ0) is 20.0. The molecule has 28 heavy (non-hydrogen) atoms. The number of rotatable bonds is 6. The number of esters is 1. The van der Waals surface area contributed by atoms with Crippen LogP contribution in [0, 0.1) is 0 Å². The molecule has 0 aliphatic carbocycles. The highest BCUT2D eigenvalue weighted by molar-refractivity contribution is 5.89. The lowest BCUT2D eigenvalue weighted by Gasteiger charge is -2.30. The Bertz CT molecular complexity index is 775. The molecule has 5 nitrogen and oxygen atoms in total. The maximum atomic E-state index is 12.1. The predicted octanol–water partition coefficient (Wildman–Crippen LogP) is 3.77. The number of carbonyl (C=O) groups is 1. The summed E-state index contributed by atoms with van der Waals surface area (Å²) in [4.78, 5) is 14.5. The zero-order valence-corrected chi connectivity index (χ0v) is 17.0. The van der Waals surface area contributed by atoms with Crippen molar-refractivity contribution in [2.75, 3.05) is 31.2 Å². The van der Waals surface area contributed by atoms with Crippen LogP contribution in [0.2, 0.25) is 0 Å². The van der Waals surface area contributed by atoms with E-state index >= 15 is 0 Å². The van der Waals surface area contributed by atoms with Crippen LogP contribution in [-0.4, -0.2) is 37.9 Å². The lowest BCUT2D eigenvalue weighted by atomic mass is 10.1. The van der Waals surface area contributed by atoms with E-state index < -0.39 is 5.60 Å². The molecule has 1 heterocycles. The van der Waals surface area contributed by atoms with Crippen LogP contribution >= 0.6 is 0 Å². The summed E-state index contributed by atoms with van der Waals surface area (Å²) < 4.78 is 10.9. The number of benzene rings is 2. The molecule has 1 saturated heterocycles. The van der Waals surface area contributed by atoms with Crippen molar-refractivity contribution in [1.82, 2.24) is 5.32 Å². The Kier molecular flexibility index (Phi) is 6.70. The second-order valence-corrected chi connectivity index (χ2v) is 8.03. The molecule has 3 rings (SSSR count). The maximum absolute atomic E-state index is 12.1. The first-order chi connectivity index (χ1) is 13.4. The Balaban J connectivity index is 1.55. The largest absolute Gasteiger partial charge is 0.456 e. The third-order valence-electron chi connectivity index (χ3n) is 4.58. The SMILES string of the molecule is CC(C)(C)OC(=O)c1ccc(CNCc2ccccc2N2CCOCC2)cc1. The fourth-order valence-corrected chi connectivity index (χ4v) is 3.21. The van der Waals surface area contributed by atoms with Crippen LogP contribution in [0.5, 0.6) is 0 Å². The number of carbonyl (C=O) groups excluding carboxylic acids is 1. The van der Waals surface area contributed by atoms with Crippen molar-refractivity contribution in [3.05, 3.63) is 65.2 Å². The molecular formula is C23H30N2O3. The van der Waals surface area contributed by atoms with Crippen LogP contribution in [0.15, 0.2) is 48.5 Å². The number of ether oxygens (including phenoxy) is 2. The van der Waals surface area contributed by atoms with Gasteiger partial charge in [0.25, 0.3) is 0 Å². The lowest BCUT2D eigenvalue weighted by Crippen LogP contribution is -2.37. The molecule has 1 aliphatic rings. The van der Waals surface area contributed by atoms with Gasteiger partial charge in [0.2, 0.25) is 0 Å². The highest BCUT2D eigenvalue weighted by Gasteiger charge is 2.17. The van der Waals surface area contributed by atoms with Crippen molar-refractivity contribution in [3.8, 4) is 0 Å². The summed E-state index contributed by atoms with van der Waals surface area (Å²) in [5.74, 6) is -0.286. The van der Waals surface area contributed by atoms with Crippen LogP contribution in [0.25, 0.3) is 0 Å². The minimum Gasteiger partial charge on any atom is -0.456 e. The van der Waals surface area contributed by atoms with E-state index in [-0.39, 0.29) is 5.97 Å². The molecule has 1 N–H and O–H groups in total. The Morgan fingerprint density at radius 1 is 1.04 bits per heavy atom. The fourth-order valence-electron chi connectivity index (χ4n) is 3.21. The van der Waals surface area contributed by atoms with Crippen LogP contribution in [0.1, 0.15) is 42.3 Å². The van der Waals surface area contributed by atoms with Gasteiger partial charge in [0, 0.05) is 31.9 Å². The first kappa shape index (κ1) is 20.4. The lowest BCUT2D eigenvalue weighted by molar-refractivity contribution is 0.00695. The van der Waals surface area contributed by atoms with Crippen molar-refractivity contribution in [2.45, 2.75) is 39.5 Å². The number of hydrogen-bond donors (Lipinski definition) is 1. The molecule has 2 aromatic rings. The fraction of sp³-hybridized carbons (Fsp3) is 0.435. The highest BCUT2D eigenvalue weighted by Crippen LogP contribution is 2.21. The van der Waals surface area contributed by atoms with E-state index in [9.17, 15) is 4.79 Å². The number of para-hydroxylation sites is 1. The molecule has 1 fully saturated rings. The number of nitrogens with zero attached hydrogens (tertiary/aromatic N) is 1.